The summed E-state index contributed by atoms with van der Waals surface area (Å²) in [4.78, 5) is 0. The van der Waals surface area contributed by atoms with Gasteiger partial charge in [-0.3, -0.25) is 5.10 Å². The standard InChI is InChI=1S/C15H21N3/c1-9-6-11(3)14(7-10(9)2)8-16-15-12(4)17-18-13(15)5/h6-7,16H,8H2,1-5H3,(H,17,18). The van der Waals surface area contributed by atoms with Crippen LogP contribution in [-0.4, -0.2) is 10.2 Å². The molecule has 0 aliphatic heterocycles. The molecular formula is C15H21N3. The molecule has 96 valence electrons. The molecule has 0 amide bonds. The van der Waals surface area contributed by atoms with Crippen molar-refractivity contribution >= 4 is 5.69 Å². The molecule has 0 bridgehead atoms. The van der Waals surface area contributed by atoms with Crippen molar-refractivity contribution in [2.75, 3.05) is 5.32 Å². The third-order valence-electron chi connectivity index (χ3n) is 3.54. The van der Waals surface area contributed by atoms with Gasteiger partial charge in [0, 0.05) is 6.54 Å². The summed E-state index contributed by atoms with van der Waals surface area (Å²) < 4.78 is 0. The lowest BCUT2D eigenvalue weighted by Gasteiger charge is -2.12. The average molecular weight is 243 g/mol. The maximum Gasteiger partial charge on any atom is 0.0825 e. The van der Waals surface area contributed by atoms with Crippen molar-refractivity contribution in [2.45, 2.75) is 41.2 Å². The molecule has 3 nitrogen and oxygen atoms in total. The summed E-state index contributed by atoms with van der Waals surface area (Å²) in [7, 11) is 0. The summed E-state index contributed by atoms with van der Waals surface area (Å²) >= 11 is 0. The number of nitrogens with zero attached hydrogens (tertiary/aromatic N) is 1. The monoisotopic (exact) mass is 243 g/mol. The zero-order valence-electron chi connectivity index (χ0n) is 11.8. The van der Waals surface area contributed by atoms with Crippen LogP contribution >= 0.6 is 0 Å². The first-order chi connectivity index (χ1) is 8.49. The van der Waals surface area contributed by atoms with Crippen LogP contribution < -0.4 is 5.32 Å². The van der Waals surface area contributed by atoms with Gasteiger partial charge in [0.05, 0.1) is 17.1 Å². The van der Waals surface area contributed by atoms with E-state index in [0.717, 1.165) is 23.6 Å². The second-order valence-corrected chi connectivity index (χ2v) is 5.03. The first-order valence-corrected chi connectivity index (χ1v) is 6.31. The molecule has 0 atom stereocenters. The number of benzene rings is 1. The molecule has 0 radical (unpaired) electrons. The average Bonchev–Trinajstić information content (AvgIpc) is 2.62. The van der Waals surface area contributed by atoms with E-state index in [-0.39, 0.29) is 0 Å². The third kappa shape index (κ3) is 2.40. The lowest BCUT2D eigenvalue weighted by Crippen LogP contribution is -2.04. The van der Waals surface area contributed by atoms with Gasteiger partial charge in [-0.1, -0.05) is 12.1 Å². The maximum atomic E-state index is 4.20. The van der Waals surface area contributed by atoms with Crippen LogP contribution in [0.3, 0.4) is 0 Å². The Labute approximate surface area is 109 Å². The van der Waals surface area contributed by atoms with Gasteiger partial charge in [-0.25, -0.2) is 0 Å². The van der Waals surface area contributed by atoms with Gasteiger partial charge in [-0.15, -0.1) is 0 Å². The molecule has 18 heavy (non-hydrogen) atoms. The molecule has 0 saturated heterocycles. The van der Waals surface area contributed by atoms with Crippen molar-refractivity contribution in [3.8, 4) is 0 Å². The van der Waals surface area contributed by atoms with E-state index in [4.69, 9.17) is 0 Å². The van der Waals surface area contributed by atoms with Crippen molar-refractivity contribution < 1.29 is 0 Å². The Morgan fingerprint density at radius 3 is 2.28 bits per heavy atom. The summed E-state index contributed by atoms with van der Waals surface area (Å²) in [5.74, 6) is 0. The van der Waals surface area contributed by atoms with Crippen LogP contribution in [-0.2, 0) is 6.54 Å². The largest absolute Gasteiger partial charge is 0.378 e. The van der Waals surface area contributed by atoms with Crippen LogP contribution in [0.25, 0.3) is 0 Å². The van der Waals surface area contributed by atoms with E-state index in [1.807, 2.05) is 13.8 Å². The molecule has 3 heteroatoms. The van der Waals surface area contributed by atoms with E-state index in [1.54, 1.807) is 0 Å². The number of aryl methyl sites for hydroxylation is 5. The van der Waals surface area contributed by atoms with Gasteiger partial charge in [0.2, 0.25) is 0 Å². The van der Waals surface area contributed by atoms with Crippen LogP contribution in [0.1, 0.15) is 33.6 Å². The molecular weight excluding hydrogens is 222 g/mol. The predicted molar refractivity (Wildman–Crippen MR) is 76.0 cm³/mol. The SMILES string of the molecule is Cc1cc(C)c(CNc2c(C)n[nH]c2C)cc1C. The first-order valence-electron chi connectivity index (χ1n) is 6.31. The van der Waals surface area contributed by atoms with Crippen LogP contribution in [0.2, 0.25) is 0 Å². The van der Waals surface area contributed by atoms with Gasteiger partial charge in [0.15, 0.2) is 0 Å². The number of H-pyrrole nitrogens is 1. The zero-order valence-corrected chi connectivity index (χ0v) is 11.8. The summed E-state index contributed by atoms with van der Waals surface area (Å²) in [5, 5.41) is 10.7. The van der Waals surface area contributed by atoms with E-state index in [0.29, 0.717) is 0 Å². The van der Waals surface area contributed by atoms with Crippen LogP contribution in [0.5, 0.6) is 0 Å². The molecule has 0 unspecified atom stereocenters. The van der Waals surface area contributed by atoms with Gasteiger partial charge in [0.1, 0.15) is 0 Å². The molecule has 2 aromatic rings. The number of nitrogens with one attached hydrogen (secondary N) is 2. The summed E-state index contributed by atoms with van der Waals surface area (Å²) in [6, 6.07) is 4.52. The van der Waals surface area contributed by atoms with Gasteiger partial charge < -0.3 is 5.32 Å². The number of hydrogen-bond acceptors (Lipinski definition) is 2. The lowest BCUT2D eigenvalue weighted by atomic mass is 10.0. The fourth-order valence-corrected chi connectivity index (χ4v) is 2.21. The number of anilines is 1. The number of rotatable bonds is 3. The molecule has 1 aromatic carbocycles. The predicted octanol–water partition coefficient (Wildman–Crippen LogP) is 3.56. The van der Waals surface area contributed by atoms with Crippen molar-refractivity contribution in [2.24, 2.45) is 0 Å². The summed E-state index contributed by atoms with van der Waals surface area (Å²) in [5.41, 5.74) is 8.61. The van der Waals surface area contributed by atoms with Crippen LogP contribution in [0.15, 0.2) is 12.1 Å². The quantitative estimate of drug-likeness (QED) is 0.865. The fraction of sp³-hybridized carbons (Fsp3) is 0.400. The number of aromatic amines is 1. The maximum absolute atomic E-state index is 4.20. The highest BCUT2D eigenvalue weighted by Gasteiger charge is 2.07. The Kier molecular flexibility index (Phi) is 3.41. The van der Waals surface area contributed by atoms with Crippen molar-refractivity contribution in [3.05, 3.63) is 45.8 Å². The van der Waals surface area contributed by atoms with Crippen molar-refractivity contribution in [1.82, 2.24) is 10.2 Å². The molecule has 1 heterocycles. The molecule has 0 saturated carbocycles. The molecule has 2 N–H and O–H groups in total. The van der Waals surface area contributed by atoms with Crippen LogP contribution in [0, 0.1) is 34.6 Å². The Bertz CT molecular complexity index is 548. The fourth-order valence-electron chi connectivity index (χ4n) is 2.21. The molecule has 1 aromatic heterocycles. The van der Waals surface area contributed by atoms with E-state index >= 15 is 0 Å². The Balaban J connectivity index is 2.18. The summed E-state index contributed by atoms with van der Waals surface area (Å²) in [6.07, 6.45) is 0. The molecule has 0 aliphatic rings. The van der Waals surface area contributed by atoms with E-state index in [2.05, 4.69) is 48.4 Å². The van der Waals surface area contributed by atoms with E-state index in [1.165, 1.54) is 22.3 Å². The Hall–Kier alpha value is -1.77. The van der Waals surface area contributed by atoms with Gasteiger partial charge in [-0.2, -0.15) is 5.10 Å². The summed E-state index contributed by atoms with van der Waals surface area (Å²) in [6.45, 7) is 11.4. The highest BCUT2D eigenvalue weighted by atomic mass is 15.1. The van der Waals surface area contributed by atoms with Gasteiger partial charge >= 0.3 is 0 Å². The van der Waals surface area contributed by atoms with Crippen molar-refractivity contribution in [1.29, 1.82) is 0 Å². The van der Waals surface area contributed by atoms with Gasteiger partial charge in [-0.05, 0) is 56.9 Å². The smallest absolute Gasteiger partial charge is 0.0825 e. The molecule has 0 aliphatic carbocycles. The zero-order chi connectivity index (χ0) is 13.3. The second-order valence-electron chi connectivity index (χ2n) is 5.03. The topological polar surface area (TPSA) is 40.7 Å². The molecule has 2 rings (SSSR count). The molecule has 0 spiro atoms. The first kappa shape index (κ1) is 12.7. The third-order valence-corrected chi connectivity index (χ3v) is 3.54. The van der Waals surface area contributed by atoms with Crippen LogP contribution in [0.4, 0.5) is 5.69 Å². The van der Waals surface area contributed by atoms with E-state index in [9.17, 15) is 0 Å². The normalized spacial score (nSPS) is 10.7. The van der Waals surface area contributed by atoms with Crippen molar-refractivity contribution in [3.63, 3.8) is 0 Å². The highest BCUT2D eigenvalue weighted by Crippen LogP contribution is 2.20. The van der Waals surface area contributed by atoms with E-state index < -0.39 is 0 Å². The molecule has 0 fully saturated rings. The lowest BCUT2D eigenvalue weighted by molar-refractivity contribution is 1.02. The minimum atomic E-state index is 0.841. The minimum absolute atomic E-state index is 0.841. The highest BCUT2D eigenvalue weighted by molar-refractivity contribution is 5.52. The van der Waals surface area contributed by atoms with Gasteiger partial charge in [0.25, 0.3) is 0 Å². The number of aromatic nitrogens is 2. The minimum Gasteiger partial charge on any atom is -0.378 e. The second kappa shape index (κ2) is 4.84. The number of hydrogen-bond donors (Lipinski definition) is 2. The Morgan fingerprint density at radius 1 is 1.00 bits per heavy atom. The Morgan fingerprint density at radius 2 is 1.67 bits per heavy atom.